The molecule has 0 unspecified atom stereocenters. The van der Waals surface area contributed by atoms with Crippen LogP contribution >= 0.6 is 11.3 Å². The number of hydrogen-bond donors (Lipinski definition) is 2. The number of fused-ring (bicyclic) bond motifs is 1. The van der Waals surface area contributed by atoms with Crippen LogP contribution < -0.4 is 10.9 Å². The third-order valence-electron chi connectivity index (χ3n) is 3.61. The van der Waals surface area contributed by atoms with Gasteiger partial charge in [0, 0.05) is 17.3 Å². The van der Waals surface area contributed by atoms with Gasteiger partial charge in [-0.25, -0.2) is 9.97 Å². The Balaban J connectivity index is 1.75. The van der Waals surface area contributed by atoms with Crippen LogP contribution in [0.25, 0.3) is 16.6 Å². The monoisotopic (exact) mass is 406 g/mol. The van der Waals surface area contributed by atoms with Crippen LogP contribution in [0.2, 0.25) is 0 Å². The minimum absolute atomic E-state index is 0.140. The number of rotatable bonds is 5. The molecule has 144 valence electrons. The van der Waals surface area contributed by atoms with Crippen LogP contribution in [0, 0.1) is 18.3 Å². The van der Waals surface area contributed by atoms with Gasteiger partial charge in [0.25, 0.3) is 5.91 Å². The van der Waals surface area contributed by atoms with Gasteiger partial charge in [-0.3, -0.25) is 10.2 Å². The van der Waals surface area contributed by atoms with Crippen molar-refractivity contribution in [3.05, 3.63) is 52.4 Å². The van der Waals surface area contributed by atoms with Gasteiger partial charge < -0.3 is 9.99 Å². The third kappa shape index (κ3) is 4.12. The summed E-state index contributed by atoms with van der Waals surface area (Å²) in [7, 11) is 0. The first-order chi connectivity index (χ1) is 13.3. The lowest BCUT2D eigenvalue weighted by molar-refractivity contribution is -0.147. The maximum Gasteiger partial charge on any atom is 0.449 e. The van der Waals surface area contributed by atoms with E-state index < -0.39 is 24.5 Å². The van der Waals surface area contributed by atoms with E-state index in [0.717, 1.165) is 10.3 Å². The Hall–Kier alpha value is -3.39. The molecule has 1 amide bonds. The summed E-state index contributed by atoms with van der Waals surface area (Å²) >= 11 is 1.26. The van der Waals surface area contributed by atoms with Crippen LogP contribution in [0.4, 0.5) is 13.2 Å². The number of hydrogen-bond acceptors (Lipinski definition) is 6. The molecule has 0 aliphatic carbocycles. The van der Waals surface area contributed by atoms with Crippen molar-refractivity contribution < 1.29 is 18.0 Å². The van der Waals surface area contributed by atoms with E-state index in [1.807, 2.05) is 6.07 Å². The summed E-state index contributed by atoms with van der Waals surface area (Å²) < 4.78 is 40.5. The average molecular weight is 406 g/mol. The normalized spacial score (nSPS) is 12.0. The van der Waals surface area contributed by atoms with E-state index in [2.05, 4.69) is 20.8 Å². The summed E-state index contributed by atoms with van der Waals surface area (Å²) in [6.45, 7) is 1.17. The molecular weight excluding hydrogens is 393 g/mol. The number of halogens is 3. The molecule has 0 aliphatic rings. The molecule has 3 rings (SSSR count). The lowest BCUT2D eigenvalue weighted by atomic mass is 10.3. The first-order valence-corrected chi connectivity index (χ1v) is 8.77. The van der Waals surface area contributed by atoms with E-state index in [-0.39, 0.29) is 16.6 Å². The molecule has 2 N–H and O–H groups in total. The number of carbonyl (C=O) groups excluding carboxylic acids is 1. The third-order valence-corrected chi connectivity index (χ3v) is 4.60. The molecular formula is C17H13F3N6OS. The molecule has 0 atom stereocenters. The van der Waals surface area contributed by atoms with Gasteiger partial charge in [0.05, 0.1) is 11.0 Å². The van der Waals surface area contributed by atoms with E-state index >= 15 is 0 Å². The fourth-order valence-corrected chi connectivity index (χ4v) is 3.21. The summed E-state index contributed by atoms with van der Waals surface area (Å²) in [5.41, 5.74) is 5.94. The molecule has 1 aromatic carbocycles. The van der Waals surface area contributed by atoms with Crippen LogP contribution in [0.1, 0.15) is 16.5 Å². The number of para-hydroxylation sites is 2. The SMILES string of the molecule is Cc1csc(/C(C#N)=C/NNC(=O)Cn2c(C(F)(F)F)nc3ccccc32)n1. The molecule has 0 saturated heterocycles. The predicted octanol–water partition coefficient (Wildman–Crippen LogP) is 3.01. The van der Waals surface area contributed by atoms with Crippen molar-refractivity contribution in [3.63, 3.8) is 0 Å². The number of thiazole rings is 1. The first kappa shape index (κ1) is 19.4. The Kier molecular flexibility index (Phi) is 5.32. The van der Waals surface area contributed by atoms with Gasteiger partial charge in [0.15, 0.2) is 0 Å². The summed E-state index contributed by atoms with van der Waals surface area (Å²) in [6, 6.07) is 7.96. The highest BCUT2D eigenvalue weighted by Gasteiger charge is 2.37. The summed E-state index contributed by atoms with van der Waals surface area (Å²) in [4.78, 5) is 19.9. The maximum absolute atomic E-state index is 13.2. The van der Waals surface area contributed by atoms with Gasteiger partial charge in [-0.15, -0.1) is 11.3 Å². The minimum Gasteiger partial charge on any atom is -0.311 e. The zero-order valence-corrected chi connectivity index (χ0v) is 15.2. The number of hydrazine groups is 1. The highest BCUT2D eigenvalue weighted by Crippen LogP contribution is 2.31. The van der Waals surface area contributed by atoms with Gasteiger partial charge in [-0.05, 0) is 19.1 Å². The number of alkyl halides is 3. The lowest BCUT2D eigenvalue weighted by Gasteiger charge is -2.11. The predicted molar refractivity (Wildman–Crippen MR) is 96.5 cm³/mol. The van der Waals surface area contributed by atoms with Crippen molar-refractivity contribution >= 4 is 33.9 Å². The molecule has 3 aromatic rings. The zero-order chi connectivity index (χ0) is 20.3. The average Bonchev–Trinajstić information content (AvgIpc) is 3.23. The summed E-state index contributed by atoms with van der Waals surface area (Å²) in [6.07, 6.45) is -3.48. The quantitative estimate of drug-likeness (QED) is 0.502. The first-order valence-electron chi connectivity index (χ1n) is 7.89. The molecule has 0 fully saturated rings. The lowest BCUT2D eigenvalue weighted by Crippen LogP contribution is -2.37. The molecule has 7 nitrogen and oxygen atoms in total. The second-order valence-electron chi connectivity index (χ2n) is 5.66. The fourth-order valence-electron chi connectivity index (χ4n) is 2.44. The molecule has 0 aliphatic heterocycles. The number of imidazole rings is 1. The Labute approximate surface area is 161 Å². The summed E-state index contributed by atoms with van der Waals surface area (Å²) in [5.74, 6) is -1.90. The molecule has 0 saturated carbocycles. The minimum atomic E-state index is -4.71. The van der Waals surface area contributed by atoms with E-state index in [0.29, 0.717) is 5.01 Å². The Bertz CT molecular complexity index is 1090. The van der Waals surface area contributed by atoms with Crippen molar-refractivity contribution in [3.8, 4) is 6.07 Å². The second-order valence-corrected chi connectivity index (χ2v) is 6.52. The Morgan fingerprint density at radius 2 is 2.11 bits per heavy atom. The van der Waals surface area contributed by atoms with E-state index in [1.165, 1.54) is 29.7 Å². The second kappa shape index (κ2) is 7.69. The largest absolute Gasteiger partial charge is 0.449 e. The van der Waals surface area contributed by atoms with Crippen LogP contribution in [0.15, 0.2) is 35.8 Å². The number of allylic oxidation sites excluding steroid dienone is 1. The molecule has 11 heteroatoms. The topological polar surface area (TPSA) is 95.6 Å². The number of aromatic nitrogens is 3. The highest BCUT2D eigenvalue weighted by molar-refractivity contribution is 7.10. The van der Waals surface area contributed by atoms with Crippen molar-refractivity contribution in [2.24, 2.45) is 0 Å². The molecule has 0 spiro atoms. The molecule has 28 heavy (non-hydrogen) atoms. The molecule has 2 aromatic heterocycles. The van der Waals surface area contributed by atoms with Gasteiger partial charge in [-0.2, -0.15) is 18.4 Å². The number of amides is 1. The van der Waals surface area contributed by atoms with Crippen LogP contribution in [-0.4, -0.2) is 20.4 Å². The number of benzene rings is 1. The molecule has 0 bridgehead atoms. The van der Waals surface area contributed by atoms with Gasteiger partial charge in [-0.1, -0.05) is 12.1 Å². The van der Waals surface area contributed by atoms with E-state index in [1.54, 1.807) is 24.4 Å². The number of nitrogens with one attached hydrogen (secondary N) is 2. The van der Waals surface area contributed by atoms with Crippen molar-refractivity contribution in [1.29, 1.82) is 5.26 Å². The van der Waals surface area contributed by atoms with Gasteiger partial charge >= 0.3 is 6.18 Å². The smallest absolute Gasteiger partial charge is 0.311 e. The number of aryl methyl sites for hydroxylation is 1. The van der Waals surface area contributed by atoms with E-state index in [9.17, 15) is 18.0 Å². The summed E-state index contributed by atoms with van der Waals surface area (Å²) in [5, 5.41) is 11.4. The van der Waals surface area contributed by atoms with Crippen LogP contribution in [0.3, 0.4) is 0 Å². The van der Waals surface area contributed by atoms with Crippen molar-refractivity contribution in [1.82, 2.24) is 25.4 Å². The van der Waals surface area contributed by atoms with Gasteiger partial charge in [0.2, 0.25) is 5.82 Å². The Morgan fingerprint density at radius 3 is 2.75 bits per heavy atom. The molecule has 2 heterocycles. The van der Waals surface area contributed by atoms with Crippen LogP contribution in [0.5, 0.6) is 0 Å². The van der Waals surface area contributed by atoms with Crippen molar-refractivity contribution in [2.75, 3.05) is 0 Å². The van der Waals surface area contributed by atoms with Crippen LogP contribution in [-0.2, 0) is 17.5 Å². The number of nitrogens with zero attached hydrogens (tertiary/aromatic N) is 4. The van der Waals surface area contributed by atoms with Crippen molar-refractivity contribution in [2.45, 2.75) is 19.6 Å². The Morgan fingerprint density at radius 1 is 1.36 bits per heavy atom. The number of carbonyl (C=O) groups is 1. The number of nitriles is 1. The van der Waals surface area contributed by atoms with E-state index in [4.69, 9.17) is 5.26 Å². The van der Waals surface area contributed by atoms with Gasteiger partial charge in [0.1, 0.15) is 23.2 Å². The standard InChI is InChI=1S/C17H13F3N6OS/c1-10-9-28-15(23-10)11(6-21)7-22-25-14(27)8-26-13-5-3-2-4-12(13)24-16(26)17(18,19)20/h2-5,7,9,22H,8H2,1H3,(H,25,27)/b11-7+. The highest BCUT2D eigenvalue weighted by atomic mass is 32.1. The fraction of sp³-hybridized carbons (Fsp3) is 0.176. The maximum atomic E-state index is 13.2. The molecule has 0 radical (unpaired) electrons. The zero-order valence-electron chi connectivity index (χ0n) is 14.4.